The van der Waals surface area contributed by atoms with Crippen LogP contribution in [0.2, 0.25) is 5.02 Å². The Hall–Kier alpha value is -2.14. The normalized spacial score (nSPS) is 12.0. The summed E-state index contributed by atoms with van der Waals surface area (Å²) in [5, 5.41) is 8.13. The first kappa shape index (κ1) is 17.7. The first-order valence-corrected chi connectivity index (χ1v) is 9.32. The SMILES string of the molecule is NC(=O)C(Cc1ccc(Cl)cc1)NCc1cccc(-c2ccsc2)c1. The van der Waals surface area contributed by atoms with Gasteiger partial charge in [0.05, 0.1) is 6.04 Å². The van der Waals surface area contributed by atoms with Gasteiger partial charge in [0.15, 0.2) is 0 Å². The van der Waals surface area contributed by atoms with E-state index < -0.39 is 6.04 Å². The number of nitrogens with two attached hydrogens (primary N) is 1. The summed E-state index contributed by atoms with van der Waals surface area (Å²) < 4.78 is 0. The molecule has 0 radical (unpaired) electrons. The van der Waals surface area contributed by atoms with Gasteiger partial charge in [0.2, 0.25) is 5.91 Å². The van der Waals surface area contributed by atoms with E-state index in [-0.39, 0.29) is 5.91 Å². The van der Waals surface area contributed by atoms with Crippen LogP contribution in [0.5, 0.6) is 0 Å². The minimum absolute atomic E-state index is 0.357. The van der Waals surface area contributed by atoms with Gasteiger partial charge in [0, 0.05) is 11.6 Å². The third kappa shape index (κ3) is 4.92. The van der Waals surface area contributed by atoms with Crippen LogP contribution in [0, 0.1) is 0 Å². The van der Waals surface area contributed by atoms with Crippen molar-refractivity contribution in [3.05, 3.63) is 81.5 Å². The molecule has 0 saturated carbocycles. The summed E-state index contributed by atoms with van der Waals surface area (Å²) in [6.45, 7) is 0.583. The number of carbonyl (C=O) groups excluding carboxylic acids is 1. The molecule has 1 aromatic heterocycles. The van der Waals surface area contributed by atoms with Crippen LogP contribution in [0.1, 0.15) is 11.1 Å². The Morgan fingerprint density at radius 3 is 2.56 bits per heavy atom. The molecule has 3 N–H and O–H groups in total. The van der Waals surface area contributed by atoms with Crippen molar-refractivity contribution in [1.29, 1.82) is 0 Å². The van der Waals surface area contributed by atoms with E-state index in [4.69, 9.17) is 17.3 Å². The Morgan fingerprint density at radius 1 is 1.08 bits per heavy atom. The highest BCUT2D eigenvalue weighted by atomic mass is 35.5. The van der Waals surface area contributed by atoms with E-state index in [0.717, 1.165) is 11.1 Å². The topological polar surface area (TPSA) is 55.1 Å². The second-order valence-corrected chi connectivity index (χ2v) is 7.10. The van der Waals surface area contributed by atoms with Crippen molar-refractivity contribution < 1.29 is 4.79 Å². The van der Waals surface area contributed by atoms with Gasteiger partial charge in [-0.15, -0.1) is 0 Å². The lowest BCUT2D eigenvalue weighted by atomic mass is 10.0. The maximum absolute atomic E-state index is 11.8. The number of hydrogen-bond acceptors (Lipinski definition) is 3. The zero-order valence-electron chi connectivity index (χ0n) is 13.6. The smallest absolute Gasteiger partial charge is 0.234 e. The molecular weight excluding hydrogens is 352 g/mol. The molecule has 1 heterocycles. The summed E-state index contributed by atoms with van der Waals surface area (Å²) in [6.07, 6.45) is 0.538. The number of amides is 1. The number of benzene rings is 2. The highest BCUT2D eigenvalue weighted by Crippen LogP contribution is 2.23. The van der Waals surface area contributed by atoms with Gasteiger partial charge in [-0.1, -0.05) is 41.9 Å². The van der Waals surface area contributed by atoms with Crippen molar-refractivity contribution >= 4 is 28.8 Å². The largest absolute Gasteiger partial charge is 0.368 e. The molecule has 3 aromatic rings. The Balaban J connectivity index is 1.66. The van der Waals surface area contributed by atoms with Crippen LogP contribution < -0.4 is 11.1 Å². The molecular formula is C20H19ClN2OS. The Kier molecular flexibility index (Phi) is 5.87. The molecule has 0 saturated heterocycles. The van der Waals surface area contributed by atoms with Crippen molar-refractivity contribution in [3.8, 4) is 11.1 Å². The molecule has 1 amide bonds. The van der Waals surface area contributed by atoms with Crippen LogP contribution >= 0.6 is 22.9 Å². The van der Waals surface area contributed by atoms with Crippen molar-refractivity contribution in [1.82, 2.24) is 5.32 Å². The van der Waals surface area contributed by atoms with E-state index in [1.165, 1.54) is 11.1 Å². The van der Waals surface area contributed by atoms with Crippen LogP contribution in [-0.4, -0.2) is 11.9 Å². The lowest BCUT2D eigenvalue weighted by Gasteiger charge is -2.16. The maximum Gasteiger partial charge on any atom is 0.234 e. The predicted octanol–water partition coefficient (Wildman–Crippen LogP) is 4.25. The summed E-state index contributed by atoms with van der Waals surface area (Å²) in [7, 11) is 0. The number of primary amides is 1. The lowest BCUT2D eigenvalue weighted by Crippen LogP contribution is -2.42. The standard InChI is InChI=1S/C20H19ClN2OS/c21-18-6-4-14(5-7-18)11-19(20(22)24)23-12-15-2-1-3-16(10-15)17-8-9-25-13-17/h1-10,13,19,23H,11-12H2,(H2,22,24). The first-order valence-electron chi connectivity index (χ1n) is 8.00. The van der Waals surface area contributed by atoms with Crippen molar-refractivity contribution in [2.24, 2.45) is 5.73 Å². The molecule has 2 aromatic carbocycles. The number of halogens is 1. The number of rotatable bonds is 7. The highest BCUT2D eigenvalue weighted by molar-refractivity contribution is 7.08. The Labute approximate surface area is 156 Å². The van der Waals surface area contributed by atoms with Crippen LogP contribution in [0.15, 0.2) is 65.4 Å². The molecule has 1 unspecified atom stereocenters. The van der Waals surface area contributed by atoms with Gasteiger partial charge < -0.3 is 11.1 Å². The van der Waals surface area contributed by atoms with Gasteiger partial charge in [-0.25, -0.2) is 0 Å². The molecule has 0 aliphatic heterocycles. The number of nitrogens with one attached hydrogen (secondary N) is 1. The molecule has 1 atom stereocenters. The van der Waals surface area contributed by atoms with Crippen molar-refractivity contribution in [2.45, 2.75) is 19.0 Å². The minimum atomic E-state index is -0.425. The molecule has 0 spiro atoms. The van der Waals surface area contributed by atoms with Gasteiger partial charge in [-0.05, 0) is 63.7 Å². The quantitative estimate of drug-likeness (QED) is 0.653. The van der Waals surface area contributed by atoms with Gasteiger partial charge in [-0.2, -0.15) is 11.3 Å². The molecule has 3 nitrogen and oxygen atoms in total. The first-order chi connectivity index (χ1) is 12.1. The van der Waals surface area contributed by atoms with E-state index in [1.54, 1.807) is 11.3 Å². The summed E-state index contributed by atoms with van der Waals surface area (Å²) >= 11 is 7.58. The average molecular weight is 371 g/mol. The molecule has 5 heteroatoms. The van der Waals surface area contributed by atoms with Crippen LogP contribution in [0.4, 0.5) is 0 Å². The minimum Gasteiger partial charge on any atom is -0.368 e. The fourth-order valence-corrected chi connectivity index (χ4v) is 3.45. The number of thiophene rings is 1. The molecule has 3 rings (SSSR count). The van der Waals surface area contributed by atoms with E-state index >= 15 is 0 Å². The third-order valence-electron chi connectivity index (χ3n) is 4.03. The molecule has 0 fully saturated rings. The van der Waals surface area contributed by atoms with E-state index in [9.17, 15) is 4.79 Å². The Morgan fingerprint density at radius 2 is 1.88 bits per heavy atom. The zero-order chi connectivity index (χ0) is 17.6. The second kappa shape index (κ2) is 8.30. The second-order valence-electron chi connectivity index (χ2n) is 5.88. The molecule has 128 valence electrons. The third-order valence-corrected chi connectivity index (χ3v) is 4.97. The molecule has 0 aliphatic carbocycles. The Bertz CT molecular complexity index is 831. The molecule has 0 bridgehead atoms. The van der Waals surface area contributed by atoms with Gasteiger partial charge in [0.1, 0.15) is 0 Å². The zero-order valence-corrected chi connectivity index (χ0v) is 15.2. The van der Waals surface area contributed by atoms with Gasteiger partial charge >= 0.3 is 0 Å². The summed E-state index contributed by atoms with van der Waals surface area (Å²) in [4.78, 5) is 11.8. The van der Waals surface area contributed by atoms with E-state index in [2.05, 4.69) is 34.3 Å². The molecule has 25 heavy (non-hydrogen) atoms. The lowest BCUT2D eigenvalue weighted by molar-refractivity contribution is -0.120. The van der Waals surface area contributed by atoms with E-state index in [0.29, 0.717) is 18.0 Å². The van der Waals surface area contributed by atoms with Crippen LogP contribution in [0.25, 0.3) is 11.1 Å². The fraction of sp³-hybridized carbons (Fsp3) is 0.150. The van der Waals surface area contributed by atoms with Crippen molar-refractivity contribution in [3.63, 3.8) is 0 Å². The van der Waals surface area contributed by atoms with Crippen molar-refractivity contribution in [2.75, 3.05) is 0 Å². The monoisotopic (exact) mass is 370 g/mol. The highest BCUT2D eigenvalue weighted by Gasteiger charge is 2.15. The van der Waals surface area contributed by atoms with Gasteiger partial charge in [-0.3, -0.25) is 4.79 Å². The fourth-order valence-electron chi connectivity index (χ4n) is 2.66. The average Bonchev–Trinajstić information content (AvgIpc) is 3.15. The summed E-state index contributed by atoms with van der Waals surface area (Å²) in [5.41, 5.74) is 10.1. The maximum atomic E-state index is 11.8. The number of carbonyl (C=O) groups is 1. The van der Waals surface area contributed by atoms with Gasteiger partial charge in [0.25, 0.3) is 0 Å². The summed E-state index contributed by atoms with van der Waals surface area (Å²) in [5.74, 6) is -0.357. The number of hydrogen-bond donors (Lipinski definition) is 2. The van der Waals surface area contributed by atoms with E-state index in [1.807, 2.05) is 36.4 Å². The summed E-state index contributed by atoms with van der Waals surface area (Å²) in [6, 6.07) is 17.4. The predicted molar refractivity (Wildman–Crippen MR) is 105 cm³/mol. The molecule has 0 aliphatic rings. The van der Waals surface area contributed by atoms with Crippen LogP contribution in [-0.2, 0) is 17.8 Å². The van der Waals surface area contributed by atoms with Crippen LogP contribution in [0.3, 0.4) is 0 Å².